The summed E-state index contributed by atoms with van der Waals surface area (Å²) in [5.41, 5.74) is 7.99. The van der Waals surface area contributed by atoms with Crippen LogP contribution in [0.3, 0.4) is 0 Å². The Morgan fingerprint density at radius 1 is 1.22 bits per heavy atom. The summed E-state index contributed by atoms with van der Waals surface area (Å²) < 4.78 is 1.98. The van der Waals surface area contributed by atoms with Crippen molar-refractivity contribution in [3.8, 4) is 11.3 Å². The number of nitrogen functional groups attached to an aromatic ring is 1. The molecule has 0 atom stereocenters. The Balaban J connectivity index is 1.96. The largest absolute Gasteiger partial charge is 0.384 e. The van der Waals surface area contributed by atoms with Gasteiger partial charge in [0.2, 0.25) is 0 Å². The molecule has 0 unspecified atom stereocenters. The van der Waals surface area contributed by atoms with Gasteiger partial charge in [-0.3, -0.25) is 0 Å². The average molecular weight is 262 g/mol. The topological polar surface area (TPSA) is 43.8 Å². The Morgan fingerprint density at radius 3 is 2.72 bits per heavy atom. The minimum absolute atomic E-state index is 0.470. The van der Waals surface area contributed by atoms with E-state index in [1.807, 2.05) is 35.0 Å². The van der Waals surface area contributed by atoms with Crippen LogP contribution >= 0.6 is 11.6 Å². The Bertz CT molecular complexity index is 556. The molecule has 1 aromatic carbocycles. The molecule has 1 aliphatic rings. The maximum atomic E-state index is 6.06. The smallest absolute Gasteiger partial charge is 0.122 e. The van der Waals surface area contributed by atoms with Gasteiger partial charge < -0.3 is 5.73 Å². The average Bonchev–Trinajstić information content (AvgIpc) is 2.97. The molecule has 94 valence electrons. The summed E-state index contributed by atoms with van der Waals surface area (Å²) >= 11 is 6.00. The zero-order valence-electron chi connectivity index (χ0n) is 10.1. The number of aromatic nitrogens is 2. The van der Waals surface area contributed by atoms with E-state index < -0.39 is 0 Å². The lowest BCUT2D eigenvalue weighted by atomic mass is 10.1. The fourth-order valence-corrected chi connectivity index (χ4v) is 2.83. The molecular formula is C14H16ClN3. The first-order chi connectivity index (χ1) is 8.74. The molecule has 1 aromatic heterocycles. The summed E-state index contributed by atoms with van der Waals surface area (Å²) in [5, 5.41) is 5.36. The van der Waals surface area contributed by atoms with Crippen molar-refractivity contribution in [2.75, 3.05) is 5.73 Å². The number of anilines is 1. The molecule has 2 aromatic rings. The first kappa shape index (κ1) is 11.6. The fourth-order valence-electron chi connectivity index (χ4n) is 2.64. The van der Waals surface area contributed by atoms with Crippen LogP contribution in [-0.4, -0.2) is 9.78 Å². The van der Waals surface area contributed by atoms with E-state index in [0.717, 1.165) is 22.1 Å². The number of nitrogens with two attached hydrogens (primary N) is 1. The van der Waals surface area contributed by atoms with Crippen LogP contribution in [0, 0.1) is 0 Å². The number of halogens is 1. The highest BCUT2D eigenvalue weighted by molar-refractivity contribution is 6.30. The van der Waals surface area contributed by atoms with Crippen molar-refractivity contribution in [3.63, 3.8) is 0 Å². The zero-order valence-corrected chi connectivity index (χ0v) is 10.9. The summed E-state index contributed by atoms with van der Waals surface area (Å²) in [7, 11) is 0. The van der Waals surface area contributed by atoms with E-state index in [4.69, 9.17) is 17.3 Å². The Kier molecular flexibility index (Phi) is 3.00. The lowest BCUT2D eigenvalue weighted by molar-refractivity contribution is 0.475. The number of nitrogens with zero attached hydrogens (tertiary/aromatic N) is 2. The second-order valence-electron chi connectivity index (χ2n) is 4.85. The van der Waals surface area contributed by atoms with Crippen molar-refractivity contribution in [2.45, 2.75) is 31.7 Å². The van der Waals surface area contributed by atoms with E-state index in [2.05, 4.69) is 5.10 Å². The van der Waals surface area contributed by atoms with Gasteiger partial charge in [0.25, 0.3) is 0 Å². The third-order valence-electron chi connectivity index (χ3n) is 3.56. The summed E-state index contributed by atoms with van der Waals surface area (Å²) in [6.45, 7) is 0. The summed E-state index contributed by atoms with van der Waals surface area (Å²) in [5.74, 6) is 0.747. The monoisotopic (exact) mass is 261 g/mol. The van der Waals surface area contributed by atoms with E-state index >= 15 is 0 Å². The zero-order chi connectivity index (χ0) is 12.5. The van der Waals surface area contributed by atoms with Crippen LogP contribution in [0.5, 0.6) is 0 Å². The molecule has 3 nitrogen and oxygen atoms in total. The van der Waals surface area contributed by atoms with Crippen molar-refractivity contribution in [2.24, 2.45) is 0 Å². The maximum absolute atomic E-state index is 6.06. The molecule has 1 heterocycles. The summed E-state index contributed by atoms with van der Waals surface area (Å²) in [6, 6.07) is 10.1. The van der Waals surface area contributed by atoms with Gasteiger partial charge >= 0.3 is 0 Å². The fraction of sp³-hybridized carbons (Fsp3) is 0.357. The third-order valence-corrected chi connectivity index (χ3v) is 3.79. The van der Waals surface area contributed by atoms with Crippen LogP contribution < -0.4 is 5.73 Å². The van der Waals surface area contributed by atoms with Crippen LogP contribution in [0.4, 0.5) is 5.82 Å². The molecular weight excluding hydrogens is 246 g/mol. The molecule has 0 amide bonds. The normalized spacial score (nSPS) is 16.3. The van der Waals surface area contributed by atoms with Crippen molar-refractivity contribution < 1.29 is 0 Å². The summed E-state index contributed by atoms with van der Waals surface area (Å²) in [6.07, 6.45) is 4.91. The highest BCUT2D eigenvalue weighted by Crippen LogP contribution is 2.33. The van der Waals surface area contributed by atoms with Gasteiger partial charge in [0, 0.05) is 16.7 Å². The van der Waals surface area contributed by atoms with E-state index in [1.165, 1.54) is 25.7 Å². The van der Waals surface area contributed by atoms with Crippen molar-refractivity contribution >= 4 is 17.4 Å². The molecule has 3 rings (SSSR count). The number of hydrogen-bond donors (Lipinski definition) is 1. The van der Waals surface area contributed by atoms with Gasteiger partial charge in [-0.05, 0) is 25.0 Å². The lowest BCUT2D eigenvalue weighted by Crippen LogP contribution is -2.09. The van der Waals surface area contributed by atoms with E-state index in [9.17, 15) is 0 Å². The van der Waals surface area contributed by atoms with E-state index in [-0.39, 0.29) is 0 Å². The van der Waals surface area contributed by atoms with E-state index in [1.54, 1.807) is 0 Å². The van der Waals surface area contributed by atoms with Gasteiger partial charge in [-0.2, -0.15) is 5.10 Å². The van der Waals surface area contributed by atoms with Crippen LogP contribution in [-0.2, 0) is 0 Å². The summed E-state index contributed by atoms with van der Waals surface area (Å²) in [4.78, 5) is 0. The van der Waals surface area contributed by atoms with Crippen LogP contribution in [0.25, 0.3) is 11.3 Å². The van der Waals surface area contributed by atoms with Crippen molar-refractivity contribution in [1.82, 2.24) is 9.78 Å². The van der Waals surface area contributed by atoms with Crippen LogP contribution in [0.1, 0.15) is 31.7 Å². The van der Waals surface area contributed by atoms with Gasteiger partial charge in [0.05, 0.1) is 11.7 Å². The predicted molar refractivity (Wildman–Crippen MR) is 74.6 cm³/mol. The van der Waals surface area contributed by atoms with Gasteiger partial charge in [-0.15, -0.1) is 0 Å². The van der Waals surface area contributed by atoms with E-state index in [0.29, 0.717) is 6.04 Å². The molecule has 0 spiro atoms. The van der Waals surface area contributed by atoms with Crippen molar-refractivity contribution in [1.29, 1.82) is 0 Å². The Labute approximate surface area is 112 Å². The third kappa shape index (κ3) is 2.10. The van der Waals surface area contributed by atoms with Crippen LogP contribution in [0.2, 0.25) is 5.02 Å². The SMILES string of the molecule is Nc1cc(-c2cccc(Cl)c2)nn1C1CCCC1. The molecule has 1 fully saturated rings. The molecule has 4 heteroatoms. The second kappa shape index (κ2) is 4.65. The molecule has 0 saturated heterocycles. The molecule has 0 aliphatic heterocycles. The van der Waals surface area contributed by atoms with Crippen molar-refractivity contribution in [3.05, 3.63) is 35.4 Å². The number of hydrogen-bond acceptors (Lipinski definition) is 2. The first-order valence-corrected chi connectivity index (χ1v) is 6.73. The van der Waals surface area contributed by atoms with Gasteiger partial charge in [0.1, 0.15) is 5.82 Å². The van der Waals surface area contributed by atoms with Crippen LogP contribution in [0.15, 0.2) is 30.3 Å². The number of rotatable bonds is 2. The van der Waals surface area contributed by atoms with Gasteiger partial charge in [0.15, 0.2) is 0 Å². The van der Waals surface area contributed by atoms with Gasteiger partial charge in [-0.1, -0.05) is 36.6 Å². The molecule has 2 N–H and O–H groups in total. The molecule has 0 radical (unpaired) electrons. The Morgan fingerprint density at radius 2 is 2.00 bits per heavy atom. The molecule has 18 heavy (non-hydrogen) atoms. The lowest BCUT2D eigenvalue weighted by Gasteiger charge is -2.11. The quantitative estimate of drug-likeness (QED) is 0.891. The number of benzene rings is 1. The second-order valence-corrected chi connectivity index (χ2v) is 5.28. The maximum Gasteiger partial charge on any atom is 0.122 e. The van der Waals surface area contributed by atoms with Gasteiger partial charge in [-0.25, -0.2) is 4.68 Å². The molecule has 1 aliphatic carbocycles. The molecule has 1 saturated carbocycles. The minimum Gasteiger partial charge on any atom is -0.384 e. The molecule has 0 bridgehead atoms. The minimum atomic E-state index is 0.470. The first-order valence-electron chi connectivity index (χ1n) is 6.35. The predicted octanol–water partition coefficient (Wildman–Crippen LogP) is 3.90. The highest BCUT2D eigenvalue weighted by Gasteiger charge is 2.20. The Hall–Kier alpha value is -1.48. The standard InChI is InChI=1S/C14H16ClN3/c15-11-5-3-4-10(8-11)13-9-14(16)18(17-13)12-6-1-2-7-12/h3-5,8-9,12H,1-2,6-7,16H2. The highest BCUT2D eigenvalue weighted by atomic mass is 35.5.